The number of nitrogens with one attached hydrogen (secondary N) is 1. The molecule has 1 atom stereocenters. The molecule has 1 aliphatic rings. The fraction of sp³-hybridized carbons (Fsp3) is 0.385. The molecule has 1 saturated carbocycles. The van der Waals surface area contributed by atoms with E-state index in [1.807, 2.05) is 12.1 Å². The van der Waals surface area contributed by atoms with E-state index in [4.69, 9.17) is 5.73 Å². The highest BCUT2D eigenvalue weighted by atomic mass is 16.1. The second kappa shape index (κ2) is 5.38. The molecule has 1 aliphatic carbocycles. The average molecular weight is 272 g/mol. The molecule has 3 N–H and O–H groups in total. The monoisotopic (exact) mass is 272 g/mol. The lowest BCUT2D eigenvalue weighted by atomic mass is 10.1. The fourth-order valence-electron chi connectivity index (χ4n) is 2.25. The zero-order valence-corrected chi connectivity index (χ0v) is 10.9. The van der Waals surface area contributed by atoms with Crippen LogP contribution in [0.3, 0.4) is 0 Å². The van der Waals surface area contributed by atoms with Crippen LogP contribution >= 0.6 is 0 Å². The summed E-state index contributed by atoms with van der Waals surface area (Å²) in [6, 6.07) is 7.27. The van der Waals surface area contributed by atoms with Gasteiger partial charge in [0.15, 0.2) is 0 Å². The van der Waals surface area contributed by atoms with Crippen molar-refractivity contribution in [2.45, 2.75) is 18.9 Å². The second-order valence-electron chi connectivity index (χ2n) is 4.92. The molecule has 0 aliphatic heterocycles. The van der Waals surface area contributed by atoms with E-state index in [0.717, 1.165) is 12.8 Å². The number of nitrogens with two attached hydrogens (primary N) is 1. The number of rotatable bonds is 5. The van der Waals surface area contributed by atoms with Gasteiger partial charge in [0.25, 0.3) is 5.91 Å². The van der Waals surface area contributed by atoms with Crippen LogP contribution in [0.1, 0.15) is 23.2 Å². The quantitative estimate of drug-likeness (QED) is 0.806. The van der Waals surface area contributed by atoms with Crippen LogP contribution in [0.2, 0.25) is 0 Å². The lowest BCUT2D eigenvalue weighted by molar-refractivity contribution is 0.0933. The Morgan fingerprint density at radius 3 is 2.90 bits per heavy atom. The Hall–Kier alpha value is -2.28. The molecular formula is C13H16N6O. The van der Waals surface area contributed by atoms with Crippen LogP contribution in [0.15, 0.2) is 30.6 Å². The van der Waals surface area contributed by atoms with Crippen LogP contribution in [0.4, 0.5) is 0 Å². The summed E-state index contributed by atoms with van der Waals surface area (Å²) in [5, 5.41) is 14.0. The van der Waals surface area contributed by atoms with Crippen LogP contribution in [0.25, 0.3) is 5.69 Å². The lowest BCUT2D eigenvalue weighted by Gasteiger charge is -2.17. The number of aromatic nitrogens is 4. The molecule has 1 aromatic heterocycles. The fourth-order valence-corrected chi connectivity index (χ4v) is 2.25. The molecule has 0 radical (unpaired) electrons. The van der Waals surface area contributed by atoms with Crippen molar-refractivity contribution < 1.29 is 4.79 Å². The zero-order valence-electron chi connectivity index (χ0n) is 10.9. The van der Waals surface area contributed by atoms with Gasteiger partial charge in [-0.2, -0.15) is 4.68 Å². The number of hydrogen-bond donors (Lipinski definition) is 2. The maximum atomic E-state index is 12.4. The summed E-state index contributed by atoms with van der Waals surface area (Å²) in [4.78, 5) is 12.4. The summed E-state index contributed by atoms with van der Waals surface area (Å²) in [5.41, 5.74) is 6.92. The SMILES string of the molecule is NCC(NC(=O)c1ccccc1-n1cnnn1)C1CC1. The zero-order chi connectivity index (χ0) is 13.9. The van der Waals surface area contributed by atoms with Gasteiger partial charge in [-0.05, 0) is 41.3 Å². The van der Waals surface area contributed by atoms with Crippen molar-refractivity contribution in [1.29, 1.82) is 0 Å². The summed E-state index contributed by atoms with van der Waals surface area (Å²) >= 11 is 0. The molecule has 3 rings (SSSR count). The average Bonchev–Trinajstić information content (AvgIpc) is 3.18. The third-order valence-electron chi connectivity index (χ3n) is 3.51. The van der Waals surface area contributed by atoms with Crippen LogP contribution in [0, 0.1) is 5.92 Å². The van der Waals surface area contributed by atoms with Crippen LogP contribution < -0.4 is 11.1 Å². The topological polar surface area (TPSA) is 98.7 Å². The first-order valence-corrected chi connectivity index (χ1v) is 6.63. The molecule has 7 nitrogen and oxygen atoms in total. The van der Waals surface area contributed by atoms with E-state index < -0.39 is 0 Å². The minimum atomic E-state index is -0.140. The number of amides is 1. The number of carbonyl (C=O) groups is 1. The van der Waals surface area contributed by atoms with Crippen molar-refractivity contribution in [1.82, 2.24) is 25.5 Å². The third kappa shape index (κ3) is 2.53. The number of carbonyl (C=O) groups excluding carboxylic acids is 1. The first-order valence-electron chi connectivity index (χ1n) is 6.63. The van der Waals surface area contributed by atoms with Crippen molar-refractivity contribution in [2.24, 2.45) is 11.7 Å². The number of hydrogen-bond acceptors (Lipinski definition) is 5. The minimum absolute atomic E-state index is 0.0458. The molecule has 1 aromatic carbocycles. The maximum absolute atomic E-state index is 12.4. The molecule has 1 fully saturated rings. The number of tetrazole rings is 1. The van der Waals surface area contributed by atoms with Gasteiger partial charge in [0, 0.05) is 12.6 Å². The van der Waals surface area contributed by atoms with E-state index in [1.165, 1.54) is 11.0 Å². The molecule has 104 valence electrons. The Morgan fingerprint density at radius 1 is 1.45 bits per heavy atom. The van der Waals surface area contributed by atoms with Crippen LogP contribution in [0.5, 0.6) is 0 Å². The van der Waals surface area contributed by atoms with E-state index in [0.29, 0.717) is 23.7 Å². The predicted molar refractivity (Wildman–Crippen MR) is 72.2 cm³/mol. The molecule has 2 aromatic rings. The second-order valence-corrected chi connectivity index (χ2v) is 4.92. The summed E-state index contributed by atoms with van der Waals surface area (Å²) < 4.78 is 1.48. The largest absolute Gasteiger partial charge is 0.348 e. The standard InChI is InChI=1S/C13H16N6O/c14-7-11(9-5-6-9)16-13(20)10-3-1-2-4-12(10)19-8-15-17-18-19/h1-4,8-9,11H,5-7,14H2,(H,16,20). The van der Waals surface area contributed by atoms with Crippen LogP contribution in [-0.2, 0) is 0 Å². The van der Waals surface area contributed by atoms with Gasteiger partial charge in [0.2, 0.25) is 0 Å². The van der Waals surface area contributed by atoms with Gasteiger partial charge < -0.3 is 11.1 Å². The molecule has 1 amide bonds. The molecule has 1 unspecified atom stereocenters. The highest BCUT2D eigenvalue weighted by molar-refractivity contribution is 5.97. The van der Waals surface area contributed by atoms with Crippen molar-refractivity contribution in [2.75, 3.05) is 6.54 Å². The number of benzene rings is 1. The first-order chi connectivity index (χ1) is 9.79. The lowest BCUT2D eigenvalue weighted by Crippen LogP contribution is -2.42. The van der Waals surface area contributed by atoms with Gasteiger partial charge in [0.1, 0.15) is 6.33 Å². The van der Waals surface area contributed by atoms with Gasteiger partial charge in [0.05, 0.1) is 11.3 Å². The molecule has 1 heterocycles. The molecule has 0 bridgehead atoms. The molecule has 20 heavy (non-hydrogen) atoms. The Morgan fingerprint density at radius 2 is 2.25 bits per heavy atom. The molecular weight excluding hydrogens is 256 g/mol. The first kappa shape index (κ1) is 12.7. The smallest absolute Gasteiger partial charge is 0.253 e. The Balaban J connectivity index is 1.84. The number of nitrogens with zero attached hydrogens (tertiary/aromatic N) is 4. The van der Waals surface area contributed by atoms with E-state index in [1.54, 1.807) is 12.1 Å². The molecule has 0 spiro atoms. The summed E-state index contributed by atoms with van der Waals surface area (Å²) in [7, 11) is 0. The van der Waals surface area contributed by atoms with Gasteiger partial charge >= 0.3 is 0 Å². The third-order valence-corrected chi connectivity index (χ3v) is 3.51. The van der Waals surface area contributed by atoms with Gasteiger partial charge in [-0.3, -0.25) is 4.79 Å². The summed E-state index contributed by atoms with van der Waals surface area (Å²) in [5.74, 6) is 0.377. The highest BCUT2D eigenvalue weighted by Crippen LogP contribution is 2.32. The van der Waals surface area contributed by atoms with E-state index >= 15 is 0 Å². The summed E-state index contributed by atoms with van der Waals surface area (Å²) in [6.07, 6.45) is 3.74. The van der Waals surface area contributed by atoms with Crippen molar-refractivity contribution >= 4 is 5.91 Å². The number of para-hydroxylation sites is 1. The Kier molecular flexibility index (Phi) is 3.42. The van der Waals surface area contributed by atoms with Crippen molar-refractivity contribution in [3.05, 3.63) is 36.2 Å². The summed E-state index contributed by atoms with van der Waals surface area (Å²) in [6.45, 7) is 0.462. The Labute approximate surface area is 116 Å². The maximum Gasteiger partial charge on any atom is 0.253 e. The van der Waals surface area contributed by atoms with Gasteiger partial charge in [-0.15, -0.1) is 5.10 Å². The van der Waals surface area contributed by atoms with E-state index in [2.05, 4.69) is 20.8 Å². The van der Waals surface area contributed by atoms with Gasteiger partial charge in [-0.25, -0.2) is 0 Å². The van der Waals surface area contributed by atoms with E-state index in [-0.39, 0.29) is 11.9 Å². The normalized spacial score (nSPS) is 15.8. The van der Waals surface area contributed by atoms with E-state index in [9.17, 15) is 4.79 Å². The van der Waals surface area contributed by atoms with Crippen molar-refractivity contribution in [3.63, 3.8) is 0 Å². The predicted octanol–water partition coefficient (Wildman–Crippen LogP) is 0.129. The molecule has 0 saturated heterocycles. The van der Waals surface area contributed by atoms with Crippen molar-refractivity contribution in [3.8, 4) is 5.69 Å². The highest BCUT2D eigenvalue weighted by Gasteiger charge is 2.31. The molecule has 7 heteroatoms. The Bertz CT molecular complexity index is 593. The van der Waals surface area contributed by atoms with Gasteiger partial charge in [-0.1, -0.05) is 12.1 Å². The minimum Gasteiger partial charge on any atom is -0.348 e. The van der Waals surface area contributed by atoms with Crippen LogP contribution in [-0.4, -0.2) is 38.7 Å².